The Morgan fingerprint density at radius 2 is 1.79 bits per heavy atom. The van der Waals surface area contributed by atoms with Crippen LogP contribution in [0.1, 0.15) is 49.4 Å². The fraction of sp³-hybridized carbons (Fsp3) is 0.588. The number of sulfonamides is 1. The van der Waals surface area contributed by atoms with Crippen LogP contribution in [0.25, 0.3) is 0 Å². The van der Waals surface area contributed by atoms with Gasteiger partial charge in [0.2, 0.25) is 10.0 Å². The fourth-order valence-corrected chi connectivity index (χ4v) is 4.77. The maximum Gasteiger partial charge on any atom is 0.251 e. The summed E-state index contributed by atoms with van der Waals surface area (Å²) >= 11 is 0. The highest BCUT2D eigenvalue weighted by atomic mass is 32.2. The highest BCUT2D eigenvalue weighted by molar-refractivity contribution is 7.92. The van der Waals surface area contributed by atoms with Crippen molar-refractivity contribution in [3.63, 3.8) is 0 Å². The third-order valence-electron chi connectivity index (χ3n) is 4.70. The monoisotopic (exact) mass is 351 g/mol. The van der Waals surface area contributed by atoms with Gasteiger partial charge in [0.15, 0.2) is 0 Å². The normalized spacial score (nSPS) is 26.1. The largest absolute Gasteiger partial charge is 0.349 e. The van der Waals surface area contributed by atoms with Crippen molar-refractivity contribution in [1.29, 1.82) is 0 Å². The zero-order valence-electron chi connectivity index (χ0n) is 13.9. The zero-order valence-corrected chi connectivity index (χ0v) is 14.7. The Kier molecular flexibility index (Phi) is 5.10. The highest BCUT2D eigenvalue weighted by Crippen LogP contribution is 2.27. The molecule has 2 saturated heterocycles. The Morgan fingerprint density at radius 3 is 2.38 bits per heavy atom. The summed E-state index contributed by atoms with van der Waals surface area (Å²) in [6, 6.07) is 7.87. The molecule has 2 unspecified atom stereocenters. The van der Waals surface area contributed by atoms with E-state index in [9.17, 15) is 13.2 Å². The van der Waals surface area contributed by atoms with Crippen molar-refractivity contribution in [1.82, 2.24) is 10.6 Å². The van der Waals surface area contributed by atoms with E-state index in [-0.39, 0.29) is 17.7 Å². The van der Waals surface area contributed by atoms with Crippen LogP contribution in [0, 0.1) is 0 Å². The lowest BCUT2D eigenvalue weighted by Crippen LogP contribution is -2.48. The van der Waals surface area contributed by atoms with Gasteiger partial charge in [-0.15, -0.1) is 0 Å². The van der Waals surface area contributed by atoms with Crippen LogP contribution >= 0.6 is 0 Å². The van der Waals surface area contributed by atoms with Crippen molar-refractivity contribution >= 4 is 21.6 Å². The van der Waals surface area contributed by atoms with Gasteiger partial charge in [-0.05, 0) is 56.4 Å². The van der Waals surface area contributed by atoms with E-state index in [1.807, 2.05) is 6.92 Å². The minimum atomic E-state index is -3.30. The van der Waals surface area contributed by atoms with Gasteiger partial charge < -0.3 is 10.6 Å². The van der Waals surface area contributed by atoms with Gasteiger partial charge in [-0.3, -0.25) is 9.52 Å². The average molecular weight is 351 g/mol. The molecular formula is C17H25N3O3S. The van der Waals surface area contributed by atoms with E-state index < -0.39 is 10.0 Å². The van der Waals surface area contributed by atoms with E-state index in [1.165, 1.54) is 12.8 Å². The molecule has 2 fully saturated rings. The zero-order chi connectivity index (χ0) is 17.2. The van der Waals surface area contributed by atoms with Crippen LogP contribution in [0.15, 0.2) is 24.3 Å². The van der Waals surface area contributed by atoms with Gasteiger partial charge in [0.05, 0.1) is 5.75 Å². The van der Waals surface area contributed by atoms with Gasteiger partial charge in [0, 0.05) is 29.4 Å². The van der Waals surface area contributed by atoms with Gasteiger partial charge in [-0.1, -0.05) is 6.92 Å². The predicted molar refractivity (Wildman–Crippen MR) is 94.6 cm³/mol. The number of benzene rings is 1. The Morgan fingerprint density at radius 1 is 1.17 bits per heavy atom. The first-order valence-corrected chi connectivity index (χ1v) is 10.3. The highest BCUT2D eigenvalue weighted by Gasteiger charge is 2.34. The number of fused-ring (bicyclic) bond motifs is 2. The molecular weight excluding hydrogens is 326 g/mol. The van der Waals surface area contributed by atoms with Crippen LogP contribution in [0.2, 0.25) is 0 Å². The molecule has 0 saturated carbocycles. The van der Waals surface area contributed by atoms with Crippen molar-refractivity contribution in [2.24, 2.45) is 0 Å². The quantitative estimate of drug-likeness (QED) is 0.730. The van der Waals surface area contributed by atoms with Crippen LogP contribution in [-0.2, 0) is 10.0 Å². The van der Waals surface area contributed by atoms with Crippen molar-refractivity contribution in [3.8, 4) is 0 Å². The molecule has 0 radical (unpaired) electrons. The lowest BCUT2D eigenvalue weighted by molar-refractivity contribution is 0.0924. The molecule has 132 valence electrons. The van der Waals surface area contributed by atoms with E-state index in [0.717, 1.165) is 12.8 Å². The summed E-state index contributed by atoms with van der Waals surface area (Å²) in [4.78, 5) is 12.4. The number of hydrogen-bond donors (Lipinski definition) is 3. The van der Waals surface area contributed by atoms with Crippen LogP contribution in [-0.4, -0.2) is 38.2 Å². The summed E-state index contributed by atoms with van der Waals surface area (Å²) in [6.45, 7) is 1.82. The number of carbonyl (C=O) groups is 1. The van der Waals surface area contributed by atoms with E-state index in [4.69, 9.17) is 0 Å². The van der Waals surface area contributed by atoms with Crippen LogP contribution in [0.5, 0.6) is 0 Å². The Balaban J connectivity index is 1.58. The molecule has 0 aliphatic carbocycles. The molecule has 0 spiro atoms. The summed E-state index contributed by atoms with van der Waals surface area (Å²) < 4.78 is 26.0. The smallest absolute Gasteiger partial charge is 0.251 e. The van der Waals surface area contributed by atoms with Crippen LogP contribution < -0.4 is 15.4 Å². The van der Waals surface area contributed by atoms with Crippen molar-refractivity contribution in [2.45, 2.75) is 57.2 Å². The molecule has 24 heavy (non-hydrogen) atoms. The third-order valence-corrected chi connectivity index (χ3v) is 6.19. The number of hydrogen-bond acceptors (Lipinski definition) is 4. The van der Waals surface area contributed by atoms with E-state index in [2.05, 4.69) is 15.4 Å². The number of piperidine rings is 1. The Labute approximate surface area is 143 Å². The van der Waals surface area contributed by atoms with Crippen molar-refractivity contribution < 1.29 is 13.2 Å². The average Bonchev–Trinajstić information content (AvgIpc) is 2.86. The Hall–Kier alpha value is -1.60. The Bertz CT molecular complexity index is 676. The minimum Gasteiger partial charge on any atom is -0.349 e. The molecule has 2 heterocycles. The number of nitrogens with one attached hydrogen (secondary N) is 3. The molecule has 3 N–H and O–H groups in total. The molecule has 1 aromatic rings. The number of anilines is 1. The molecule has 2 atom stereocenters. The number of amides is 1. The summed E-state index contributed by atoms with van der Waals surface area (Å²) in [7, 11) is -3.30. The van der Waals surface area contributed by atoms with Crippen molar-refractivity contribution in [2.75, 3.05) is 10.5 Å². The molecule has 0 aromatic heterocycles. The molecule has 2 aliphatic heterocycles. The molecule has 1 aromatic carbocycles. The maximum absolute atomic E-state index is 12.4. The number of carbonyl (C=O) groups excluding carboxylic acids is 1. The summed E-state index contributed by atoms with van der Waals surface area (Å²) in [5.74, 6) is -0.00271. The van der Waals surface area contributed by atoms with Crippen LogP contribution in [0.3, 0.4) is 0 Å². The SMILES string of the molecule is CCCS(=O)(=O)Nc1ccc(C(=O)NC2CC3CCC(C2)N3)cc1. The third kappa shape index (κ3) is 4.27. The second kappa shape index (κ2) is 7.11. The molecule has 3 rings (SSSR count). The van der Waals surface area contributed by atoms with Gasteiger partial charge in [0.25, 0.3) is 5.91 Å². The number of rotatable bonds is 6. The minimum absolute atomic E-state index is 0.0906. The van der Waals surface area contributed by atoms with Crippen LogP contribution in [0.4, 0.5) is 5.69 Å². The van der Waals surface area contributed by atoms with E-state index in [0.29, 0.717) is 29.8 Å². The lowest BCUT2D eigenvalue weighted by atomic mass is 9.99. The van der Waals surface area contributed by atoms with Crippen molar-refractivity contribution in [3.05, 3.63) is 29.8 Å². The predicted octanol–water partition coefficient (Wildman–Crippen LogP) is 1.85. The first kappa shape index (κ1) is 17.2. The van der Waals surface area contributed by atoms with E-state index in [1.54, 1.807) is 24.3 Å². The first-order chi connectivity index (χ1) is 11.4. The summed E-state index contributed by atoms with van der Waals surface area (Å²) in [6.07, 6.45) is 4.93. The molecule has 6 nitrogen and oxygen atoms in total. The molecule has 2 bridgehead atoms. The standard InChI is InChI=1S/C17H25N3O3S/c1-2-9-24(22,23)20-13-5-3-12(4-6-13)17(21)19-16-10-14-7-8-15(11-16)18-14/h3-6,14-16,18,20H,2,7-11H2,1H3,(H,19,21). The maximum atomic E-state index is 12.4. The molecule has 1 amide bonds. The summed E-state index contributed by atoms with van der Waals surface area (Å²) in [5, 5.41) is 6.66. The van der Waals surface area contributed by atoms with Gasteiger partial charge >= 0.3 is 0 Å². The fourth-order valence-electron chi connectivity index (χ4n) is 3.63. The van der Waals surface area contributed by atoms with Gasteiger partial charge in [-0.2, -0.15) is 0 Å². The lowest BCUT2D eigenvalue weighted by Gasteiger charge is -2.29. The molecule has 7 heteroatoms. The topological polar surface area (TPSA) is 87.3 Å². The second-order valence-electron chi connectivity index (χ2n) is 6.78. The molecule has 2 aliphatic rings. The van der Waals surface area contributed by atoms with Gasteiger partial charge in [-0.25, -0.2) is 8.42 Å². The second-order valence-corrected chi connectivity index (χ2v) is 8.62. The first-order valence-electron chi connectivity index (χ1n) is 8.62. The van der Waals surface area contributed by atoms with Gasteiger partial charge in [0.1, 0.15) is 0 Å². The van der Waals surface area contributed by atoms with E-state index >= 15 is 0 Å². The summed E-state index contributed by atoms with van der Waals surface area (Å²) in [5.41, 5.74) is 1.04.